The highest BCUT2D eigenvalue weighted by Crippen LogP contribution is 2.32. The normalized spacial score (nSPS) is 20.2. The lowest BCUT2D eigenvalue weighted by atomic mass is 10.1. The Morgan fingerprint density at radius 2 is 1.84 bits per heavy atom. The molecule has 1 aliphatic rings. The molecule has 1 fully saturated rings. The molecular formula is C16H17F3N2O4. The Morgan fingerprint density at radius 3 is 2.36 bits per heavy atom. The standard InChI is InChI=1S/C16H17F3N2O4/c1-8(22)20-13-6-10(4-11(7-13)16(17,18)19)14(23)21-12-3-2-9(5-12)15(24)25/h4,6-7,9,12H,2-3,5H2,1H3,(H,20,22)(H,21,23)(H,24,25)/t9-,12+/m0/s1. The molecule has 0 bridgehead atoms. The number of rotatable bonds is 4. The van der Waals surface area contributed by atoms with E-state index in [0.29, 0.717) is 18.9 Å². The first-order valence-corrected chi connectivity index (χ1v) is 7.60. The molecule has 0 aliphatic heterocycles. The van der Waals surface area contributed by atoms with Gasteiger partial charge in [0.15, 0.2) is 0 Å². The van der Waals surface area contributed by atoms with Crippen LogP contribution in [0.1, 0.15) is 42.1 Å². The smallest absolute Gasteiger partial charge is 0.416 e. The second-order valence-corrected chi connectivity index (χ2v) is 6.00. The fraction of sp³-hybridized carbons (Fsp3) is 0.438. The summed E-state index contributed by atoms with van der Waals surface area (Å²) in [4.78, 5) is 34.3. The zero-order valence-electron chi connectivity index (χ0n) is 13.3. The van der Waals surface area contributed by atoms with Gasteiger partial charge in [0.25, 0.3) is 5.91 Å². The summed E-state index contributed by atoms with van der Waals surface area (Å²) in [6, 6.07) is 2.18. The Kier molecular flexibility index (Phi) is 5.34. The number of benzene rings is 1. The molecule has 0 unspecified atom stereocenters. The van der Waals surface area contributed by atoms with Crippen LogP contribution in [0.5, 0.6) is 0 Å². The summed E-state index contributed by atoms with van der Waals surface area (Å²) in [6.45, 7) is 1.14. The van der Waals surface area contributed by atoms with Crippen molar-refractivity contribution >= 4 is 23.5 Å². The van der Waals surface area contributed by atoms with Gasteiger partial charge in [-0.25, -0.2) is 0 Å². The minimum absolute atomic E-state index is 0.137. The van der Waals surface area contributed by atoms with E-state index in [1.165, 1.54) is 0 Å². The van der Waals surface area contributed by atoms with Gasteiger partial charge in [-0.15, -0.1) is 0 Å². The first-order valence-electron chi connectivity index (χ1n) is 7.60. The minimum atomic E-state index is -4.68. The first kappa shape index (κ1) is 18.8. The quantitative estimate of drug-likeness (QED) is 0.771. The fourth-order valence-corrected chi connectivity index (χ4v) is 2.80. The summed E-state index contributed by atoms with van der Waals surface area (Å²) in [7, 11) is 0. The number of amides is 2. The maximum Gasteiger partial charge on any atom is 0.416 e. The first-order chi connectivity index (χ1) is 11.6. The highest BCUT2D eigenvalue weighted by molar-refractivity contribution is 5.97. The van der Waals surface area contributed by atoms with Crippen LogP contribution in [0.3, 0.4) is 0 Å². The molecule has 1 aromatic rings. The number of hydrogen-bond acceptors (Lipinski definition) is 3. The van der Waals surface area contributed by atoms with Gasteiger partial charge in [-0.2, -0.15) is 13.2 Å². The predicted octanol–water partition coefficient (Wildman–Crippen LogP) is 2.65. The molecule has 25 heavy (non-hydrogen) atoms. The molecule has 1 saturated carbocycles. The number of nitrogens with one attached hydrogen (secondary N) is 2. The fourth-order valence-electron chi connectivity index (χ4n) is 2.80. The Hall–Kier alpha value is -2.58. The SMILES string of the molecule is CC(=O)Nc1cc(C(=O)N[C@@H]2CC[C@H](C(=O)O)C2)cc(C(F)(F)F)c1. The van der Waals surface area contributed by atoms with Crippen molar-refractivity contribution in [2.24, 2.45) is 5.92 Å². The molecule has 0 heterocycles. The molecule has 6 nitrogen and oxygen atoms in total. The zero-order chi connectivity index (χ0) is 18.8. The largest absolute Gasteiger partial charge is 0.481 e. The number of carboxylic acid groups (broad SMARTS) is 1. The van der Waals surface area contributed by atoms with E-state index in [1.807, 2.05) is 0 Å². The molecule has 0 saturated heterocycles. The molecule has 0 spiro atoms. The summed E-state index contributed by atoms with van der Waals surface area (Å²) in [5.41, 5.74) is -1.45. The lowest BCUT2D eigenvalue weighted by Crippen LogP contribution is -2.33. The second kappa shape index (κ2) is 7.12. The summed E-state index contributed by atoms with van der Waals surface area (Å²) in [6.07, 6.45) is -3.59. The number of carbonyl (C=O) groups is 3. The van der Waals surface area contributed by atoms with Gasteiger partial charge in [0.1, 0.15) is 0 Å². The van der Waals surface area contributed by atoms with Crippen molar-refractivity contribution in [2.45, 2.75) is 38.4 Å². The molecule has 9 heteroatoms. The molecule has 136 valence electrons. The molecule has 2 amide bonds. The molecule has 0 aromatic heterocycles. The van der Waals surface area contributed by atoms with Crippen molar-refractivity contribution in [3.8, 4) is 0 Å². The average molecular weight is 358 g/mol. The number of carboxylic acids is 1. The van der Waals surface area contributed by atoms with Gasteiger partial charge in [0.05, 0.1) is 11.5 Å². The summed E-state index contributed by atoms with van der Waals surface area (Å²) >= 11 is 0. The number of aliphatic carboxylic acids is 1. The van der Waals surface area contributed by atoms with Gasteiger partial charge < -0.3 is 15.7 Å². The Bertz CT molecular complexity index is 703. The second-order valence-electron chi connectivity index (χ2n) is 6.00. The van der Waals surface area contributed by atoms with E-state index in [4.69, 9.17) is 5.11 Å². The van der Waals surface area contributed by atoms with Crippen LogP contribution < -0.4 is 10.6 Å². The van der Waals surface area contributed by atoms with Crippen molar-refractivity contribution in [1.29, 1.82) is 0 Å². The van der Waals surface area contributed by atoms with Crippen molar-refractivity contribution in [3.63, 3.8) is 0 Å². The molecule has 0 radical (unpaired) electrons. The Balaban J connectivity index is 2.20. The van der Waals surface area contributed by atoms with Crippen LogP contribution in [-0.4, -0.2) is 28.9 Å². The lowest BCUT2D eigenvalue weighted by Gasteiger charge is -2.15. The third-order valence-electron chi connectivity index (χ3n) is 3.96. The van der Waals surface area contributed by atoms with Crippen LogP contribution in [0.2, 0.25) is 0 Å². The predicted molar refractivity (Wildman–Crippen MR) is 82.0 cm³/mol. The third-order valence-corrected chi connectivity index (χ3v) is 3.96. The van der Waals surface area contributed by atoms with Crippen molar-refractivity contribution in [2.75, 3.05) is 5.32 Å². The van der Waals surface area contributed by atoms with E-state index in [1.54, 1.807) is 0 Å². The maximum absolute atomic E-state index is 13.0. The number of hydrogen-bond donors (Lipinski definition) is 3. The van der Waals surface area contributed by atoms with Crippen molar-refractivity contribution in [3.05, 3.63) is 29.3 Å². The van der Waals surface area contributed by atoms with Crippen LogP contribution in [0.4, 0.5) is 18.9 Å². The van der Waals surface area contributed by atoms with Crippen LogP contribution >= 0.6 is 0 Å². The van der Waals surface area contributed by atoms with E-state index in [-0.39, 0.29) is 17.7 Å². The molecule has 3 N–H and O–H groups in total. The van der Waals surface area contributed by atoms with E-state index < -0.39 is 41.5 Å². The van der Waals surface area contributed by atoms with E-state index in [0.717, 1.165) is 19.1 Å². The van der Waals surface area contributed by atoms with Gasteiger partial charge in [0, 0.05) is 24.2 Å². The van der Waals surface area contributed by atoms with Crippen LogP contribution in [-0.2, 0) is 15.8 Å². The molecular weight excluding hydrogens is 341 g/mol. The molecule has 1 aromatic carbocycles. The third kappa shape index (κ3) is 4.94. The summed E-state index contributed by atoms with van der Waals surface area (Å²) in [5.74, 6) is -2.83. The van der Waals surface area contributed by atoms with Crippen molar-refractivity contribution in [1.82, 2.24) is 5.32 Å². The van der Waals surface area contributed by atoms with E-state index in [9.17, 15) is 27.6 Å². The monoisotopic (exact) mass is 358 g/mol. The minimum Gasteiger partial charge on any atom is -0.481 e. The van der Waals surface area contributed by atoms with Gasteiger partial charge in [-0.1, -0.05) is 0 Å². The van der Waals surface area contributed by atoms with Gasteiger partial charge >= 0.3 is 12.1 Å². The molecule has 2 atom stereocenters. The topological polar surface area (TPSA) is 95.5 Å². The highest BCUT2D eigenvalue weighted by atomic mass is 19.4. The zero-order valence-corrected chi connectivity index (χ0v) is 13.3. The molecule has 2 rings (SSSR count). The van der Waals surface area contributed by atoms with E-state index in [2.05, 4.69) is 10.6 Å². The number of alkyl halides is 3. The Morgan fingerprint density at radius 1 is 1.16 bits per heavy atom. The number of anilines is 1. The van der Waals surface area contributed by atoms with Crippen LogP contribution in [0.15, 0.2) is 18.2 Å². The Labute approximate surface area is 141 Å². The maximum atomic E-state index is 13.0. The van der Waals surface area contributed by atoms with Gasteiger partial charge in [-0.3, -0.25) is 14.4 Å². The van der Waals surface area contributed by atoms with Gasteiger partial charge in [-0.05, 0) is 37.5 Å². The highest BCUT2D eigenvalue weighted by Gasteiger charge is 2.33. The van der Waals surface area contributed by atoms with Crippen LogP contribution in [0, 0.1) is 5.92 Å². The van der Waals surface area contributed by atoms with Crippen molar-refractivity contribution < 1.29 is 32.7 Å². The van der Waals surface area contributed by atoms with E-state index >= 15 is 0 Å². The average Bonchev–Trinajstić information content (AvgIpc) is 2.94. The van der Waals surface area contributed by atoms with Crippen LogP contribution in [0.25, 0.3) is 0 Å². The molecule has 1 aliphatic carbocycles. The van der Waals surface area contributed by atoms with Gasteiger partial charge in [0.2, 0.25) is 5.91 Å². The summed E-state index contributed by atoms with van der Waals surface area (Å²) < 4.78 is 39.0. The number of halogens is 3. The summed E-state index contributed by atoms with van der Waals surface area (Å²) in [5, 5.41) is 13.7. The number of carbonyl (C=O) groups excluding carboxylic acids is 2. The lowest BCUT2D eigenvalue weighted by molar-refractivity contribution is -0.141.